The minimum atomic E-state index is 0.0885. The van der Waals surface area contributed by atoms with Crippen molar-refractivity contribution < 1.29 is 4.79 Å². The maximum atomic E-state index is 10.7. The average Bonchev–Trinajstić information content (AvgIpc) is 1.83. The number of carbonyl (C=O) groups is 1. The van der Waals surface area contributed by atoms with Crippen LogP contribution in [0, 0.1) is 23.2 Å². The van der Waals surface area contributed by atoms with Gasteiger partial charge in [0.2, 0.25) is 5.91 Å². The van der Waals surface area contributed by atoms with E-state index in [0.717, 1.165) is 13.1 Å². The number of nitrogens with zero attached hydrogens (tertiary/aromatic N) is 2. The van der Waals surface area contributed by atoms with Crippen LogP contribution < -0.4 is 0 Å². The fourth-order valence-electron chi connectivity index (χ4n) is 1.19. The van der Waals surface area contributed by atoms with Crippen LogP contribution in [-0.4, -0.2) is 23.9 Å². The third-order valence-electron chi connectivity index (χ3n) is 2.27. The van der Waals surface area contributed by atoms with Crippen LogP contribution in [0.25, 0.3) is 0 Å². The van der Waals surface area contributed by atoms with Crippen LogP contribution in [0.4, 0.5) is 0 Å². The number of likely N-dealkylation sites (tertiary alicyclic amines) is 1. The summed E-state index contributed by atoms with van der Waals surface area (Å²) in [6.07, 6.45) is 0. The van der Waals surface area contributed by atoms with E-state index in [4.69, 9.17) is 5.26 Å². The zero-order valence-corrected chi connectivity index (χ0v) is 6.87. The molecule has 60 valence electrons. The van der Waals surface area contributed by atoms with E-state index in [1.807, 2.05) is 6.92 Å². The van der Waals surface area contributed by atoms with Gasteiger partial charge >= 0.3 is 0 Å². The Bertz CT molecular complexity index is 201. The van der Waals surface area contributed by atoms with Crippen molar-refractivity contribution >= 4 is 5.91 Å². The van der Waals surface area contributed by atoms with Crippen LogP contribution in [0.2, 0.25) is 0 Å². The van der Waals surface area contributed by atoms with E-state index < -0.39 is 0 Å². The molecule has 0 aliphatic carbocycles. The molecule has 0 spiro atoms. The molecule has 0 radical (unpaired) electrons. The Kier molecular flexibility index (Phi) is 2.13. The van der Waals surface area contributed by atoms with Gasteiger partial charge in [-0.3, -0.25) is 4.79 Å². The maximum absolute atomic E-state index is 10.7. The lowest BCUT2D eigenvalue weighted by molar-refractivity contribution is -0.135. The minimum Gasteiger partial charge on any atom is -0.342 e. The molecule has 1 amide bonds. The predicted octanol–water partition coefficient (Wildman–Crippen LogP) is 0.624. The minimum absolute atomic E-state index is 0.0885. The fourth-order valence-corrected chi connectivity index (χ4v) is 1.19. The standard InChI is InChI=1S/C8H12N2O/c1-6(3-9)8-4-10(5-8)7(2)11/h6,8H,4-5H2,1-2H3. The van der Waals surface area contributed by atoms with Gasteiger partial charge in [0.15, 0.2) is 0 Å². The molecule has 1 heterocycles. The first-order valence-electron chi connectivity index (χ1n) is 3.80. The zero-order valence-electron chi connectivity index (χ0n) is 6.87. The van der Waals surface area contributed by atoms with Gasteiger partial charge in [-0.25, -0.2) is 0 Å². The van der Waals surface area contributed by atoms with Crippen LogP contribution in [-0.2, 0) is 4.79 Å². The van der Waals surface area contributed by atoms with E-state index in [0.29, 0.717) is 5.92 Å². The van der Waals surface area contributed by atoms with E-state index in [1.54, 1.807) is 11.8 Å². The van der Waals surface area contributed by atoms with Crippen molar-refractivity contribution in [2.24, 2.45) is 11.8 Å². The first-order valence-corrected chi connectivity index (χ1v) is 3.80. The smallest absolute Gasteiger partial charge is 0.219 e. The molecular weight excluding hydrogens is 140 g/mol. The molecule has 3 nitrogen and oxygen atoms in total. The van der Waals surface area contributed by atoms with Gasteiger partial charge in [0.25, 0.3) is 0 Å². The number of carbonyl (C=O) groups excluding carboxylic acids is 1. The second-order valence-corrected chi connectivity index (χ2v) is 3.10. The SMILES string of the molecule is CC(=O)N1CC(C(C)C#N)C1. The van der Waals surface area contributed by atoms with E-state index in [-0.39, 0.29) is 11.8 Å². The molecule has 0 saturated carbocycles. The third-order valence-corrected chi connectivity index (χ3v) is 2.27. The van der Waals surface area contributed by atoms with E-state index in [2.05, 4.69) is 6.07 Å². The Morgan fingerprint density at radius 3 is 2.64 bits per heavy atom. The van der Waals surface area contributed by atoms with Gasteiger partial charge in [-0.1, -0.05) is 0 Å². The van der Waals surface area contributed by atoms with Crippen molar-refractivity contribution in [1.29, 1.82) is 5.26 Å². The third kappa shape index (κ3) is 1.51. The van der Waals surface area contributed by atoms with Gasteiger partial charge < -0.3 is 4.90 Å². The summed E-state index contributed by atoms with van der Waals surface area (Å²) >= 11 is 0. The summed E-state index contributed by atoms with van der Waals surface area (Å²) in [4.78, 5) is 12.5. The largest absolute Gasteiger partial charge is 0.342 e. The van der Waals surface area contributed by atoms with Crippen LogP contribution in [0.1, 0.15) is 13.8 Å². The van der Waals surface area contributed by atoms with Gasteiger partial charge in [-0.05, 0) is 6.92 Å². The summed E-state index contributed by atoms with van der Waals surface area (Å²) < 4.78 is 0. The molecule has 1 atom stereocenters. The molecule has 0 N–H and O–H groups in total. The number of nitriles is 1. The molecule has 11 heavy (non-hydrogen) atoms. The summed E-state index contributed by atoms with van der Waals surface area (Å²) in [5.41, 5.74) is 0. The highest BCUT2D eigenvalue weighted by atomic mass is 16.2. The summed E-state index contributed by atoms with van der Waals surface area (Å²) in [6.45, 7) is 5.00. The normalized spacial score (nSPS) is 20.3. The Labute approximate surface area is 66.6 Å². The van der Waals surface area contributed by atoms with Gasteiger partial charge in [-0.2, -0.15) is 5.26 Å². The molecule has 1 unspecified atom stereocenters. The lowest BCUT2D eigenvalue weighted by Crippen LogP contribution is -2.51. The molecule has 1 aliphatic rings. The number of hydrogen-bond donors (Lipinski definition) is 0. The highest BCUT2D eigenvalue weighted by molar-refractivity contribution is 5.74. The molecule has 0 aromatic rings. The molecule has 0 aromatic heterocycles. The monoisotopic (exact) mass is 152 g/mol. The predicted molar refractivity (Wildman–Crippen MR) is 40.5 cm³/mol. The summed E-state index contributed by atoms with van der Waals surface area (Å²) in [7, 11) is 0. The van der Waals surface area contributed by atoms with Gasteiger partial charge in [0.05, 0.1) is 6.07 Å². The summed E-state index contributed by atoms with van der Waals surface area (Å²) in [5, 5.41) is 8.54. The number of rotatable bonds is 1. The average molecular weight is 152 g/mol. The summed E-state index contributed by atoms with van der Waals surface area (Å²) in [5.74, 6) is 0.612. The lowest BCUT2D eigenvalue weighted by Gasteiger charge is -2.39. The molecule has 0 bridgehead atoms. The fraction of sp³-hybridized carbons (Fsp3) is 0.750. The molecule has 1 fully saturated rings. The van der Waals surface area contributed by atoms with Crippen LogP contribution in [0.15, 0.2) is 0 Å². The molecular formula is C8H12N2O. The van der Waals surface area contributed by atoms with Gasteiger partial charge in [0.1, 0.15) is 0 Å². The first kappa shape index (κ1) is 8.06. The van der Waals surface area contributed by atoms with E-state index in [1.165, 1.54) is 0 Å². The summed E-state index contributed by atoms with van der Waals surface area (Å²) in [6, 6.07) is 2.19. The number of hydrogen-bond acceptors (Lipinski definition) is 2. The Hall–Kier alpha value is -1.04. The van der Waals surface area contributed by atoms with Crippen LogP contribution >= 0.6 is 0 Å². The Morgan fingerprint density at radius 1 is 1.73 bits per heavy atom. The number of amides is 1. The Balaban J connectivity index is 2.30. The molecule has 0 aromatic carbocycles. The first-order chi connectivity index (χ1) is 5.15. The second kappa shape index (κ2) is 2.91. The highest BCUT2D eigenvalue weighted by Gasteiger charge is 2.32. The zero-order chi connectivity index (χ0) is 8.43. The van der Waals surface area contributed by atoms with Gasteiger partial charge in [0, 0.05) is 31.8 Å². The van der Waals surface area contributed by atoms with E-state index in [9.17, 15) is 4.79 Å². The lowest BCUT2D eigenvalue weighted by atomic mass is 9.88. The van der Waals surface area contributed by atoms with Crippen molar-refractivity contribution in [2.45, 2.75) is 13.8 Å². The van der Waals surface area contributed by atoms with E-state index >= 15 is 0 Å². The maximum Gasteiger partial charge on any atom is 0.219 e. The molecule has 3 heteroatoms. The molecule has 1 aliphatic heterocycles. The second-order valence-electron chi connectivity index (χ2n) is 3.10. The molecule has 1 rings (SSSR count). The Morgan fingerprint density at radius 2 is 2.27 bits per heavy atom. The van der Waals surface area contributed by atoms with Crippen LogP contribution in [0.3, 0.4) is 0 Å². The quantitative estimate of drug-likeness (QED) is 0.553. The van der Waals surface area contributed by atoms with Crippen molar-refractivity contribution in [2.75, 3.05) is 13.1 Å². The topological polar surface area (TPSA) is 44.1 Å². The van der Waals surface area contributed by atoms with Gasteiger partial charge in [-0.15, -0.1) is 0 Å². The molecule has 1 saturated heterocycles. The van der Waals surface area contributed by atoms with Crippen molar-refractivity contribution in [3.8, 4) is 6.07 Å². The highest BCUT2D eigenvalue weighted by Crippen LogP contribution is 2.22. The van der Waals surface area contributed by atoms with Crippen molar-refractivity contribution in [1.82, 2.24) is 4.90 Å². The van der Waals surface area contributed by atoms with Crippen molar-refractivity contribution in [3.05, 3.63) is 0 Å². The van der Waals surface area contributed by atoms with Crippen LogP contribution in [0.5, 0.6) is 0 Å². The van der Waals surface area contributed by atoms with Crippen molar-refractivity contribution in [3.63, 3.8) is 0 Å².